The zero-order chi connectivity index (χ0) is 17.0. The fraction of sp³-hybridized carbons (Fsp3) is 0.450. The predicted molar refractivity (Wildman–Crippen MR) is 91.6 cm³/mol. The molecule has 0 amide bonds. The average Bonchev–Trinajstić information content (AvgIpc) is 3.11. The van der Waals surface area contributed by atoms with Crippen molar-refractivity contribution in [1.82, 2.24) is 0 Å². The molecule has 3 aliphatic heterocycles. The van der Waals surface area contributed by atoms with Gasteiger partial charge in [-0.15, -0.1) is 0 Å². The molecule has 0 radical (unpaired) electrons. The fourth-order valence-electron chi connectivity index (χ4n) is 4.44. The number of hydrogen-bond acceptors (Lipinski definition) is 4. The molecule has 0 saturated carbocycles. The van der Waals surface area contributed by atoms with Gasteiger partial charge in [0.25, 0.3) is 0 Å². The van der Waals surface area contributed by atoms with Gasteiger partial charge in [-0.3, -0.25) is 0 Å². The Bertz CT molecular complexity index is 812. The third-order valence-corrected chi connectivity index (χ3v) is 5.71. The molecule has 0 aromatic heterocycles. The summed E-state index contributed by atoms with van der Waals surface area (Å²) in [6.45, 7) is 1.37. The van der Waals surface area contributed by atoms with Gasteiger partial charge < -0.3 is 18.9 Å². The Kier molecular flexibility index (Phi) is 3.38. The van der Waals surface area contributed by atoms with Gasteiger partial charge in [0.1, 0.15) is 17.8 Å². The van der Waals surface area contributed by atoms with E-state index in [0.29, 0.717) is 6.79 Å². The summed E-state index contributed by atoms with van der Waals surface area (Å²) >= 11 is 0. The molecule has 5 rings (SSSR count). The van der Waals surface area contributed by atoms with Crippen LogP contribution in [0.3, 0.4) is 0 Å². The van der Waals surface area contributed by atoms with E-state index in [2.05, 4.69) is 29.0 Å². The molecule has 1 saturated heterocycles. The summed E-state index contributed by atoms with van der Waals surface area (Å²) in [4.78, 5) is 0. The second kappa shape index (κ2) is 5.63. The Morgan fingerprint density at radius 2 is 2.16 bits per heavy atom. The molecule has 25 heavy (non-hydrogen) atoms. The summed E-state index contributed by atoms with van der Waals surface area (Å²) in [7, 11) is 3.41. The van der Waals surface area contributed by atoms with Crippen LogP contribution in [0.4, 0.5) is 0 Å². The maximum atomic E-state index is 5.67. The summed E-state index contributed by atoms with van der Waals surface area (Å²) in [5.74, 6) is 3.16. The first-order valence-electron chi connectivity index (χ1n) is 8.80. The second-order valence-corrected chi connectivity index (χ2v) is 6.93. The highest BCUT2D eigenvalue weighted by molar-refractivity contribution is 5.66. The Hall–Kier alpha value is -2.27. The van der Waals surface area contributed by atoms with Crippen LogP contribution in [0.15, 0.2) is 58.4 Å². The van der Waals surface area contributed by atoms with Crippen molar-refractivity contribution in [3.8, 4) is 0 Å². The van der Waals surface area contributed by atoms with Crippen LogP contribution in [0.2, 0.25) is 0 Å². The van der Waals surface area contributed by atoms with E-state index in [1.54, 1.807) is 14.2 Å². The number of hydrogen-bond donors (Lipinski definition) is 0. The van der Waals surface area contributed by atoms with E-state index in [4.69, 9.17) is 18.9 Å². The quantitative estimate of drug-likeness (QED) is 0.725. The summed E-state index contributed by atoms with van der Waals surface area (Å²) in [5, 5.41) is 0. The highest BCUT2D eigenvalue weighted by Gasteiger charge is 2.41. The first-order valence-corrected chi connectivity index (χ1v) is 8.80. The lowest BCUT2D eigenvalue weighted by Gasteiger charge is -2.31. The molecular formula is C20H22NO4+. The lowest BCUT2D eigenvalue weighted by molar-refractivity contribution is -0.476. The fourth-order valence-corrected chi connectivity index (χ4v) is 4.44. The van der Waals surface area contributed by atoms with Crippen molar-refractivity contribution in [3.63, 3.8) is 0 Å². The standard InChI is InChI=1S/C20H22NO4/c1-22-17-4-3-12-7-16-14-9-19-18(24-11-25-19)8-13(14)5-6-21(16)10-15(12)20(17)23-2/h3-4,7,9-10,12,15,18H,5-6,8,11H2,1-2H3/q+1. The summed E-state index contributed by atoms with van der Waals surface area (Å²) in [5.41, 5.74) is 4.07. The number of rotatable bonds is 2. The zero-order valence-electron chi connectivity index (χ0n) is 14.5. The van der Waals surface area contributed by atoms with Crippen LogP contribution in [-0.2, 0) is 18.9 Å². The highest BCUT2D eigenvalue weighted by Crippen LogP contribution is 2.42. The number of fused-ring (bicyclic) bond motifs is 4. The minimum Gasteiger partial charge on any atom is -0.496 e. The number of nitrogens with zero attached hydrogens (tertiary/aromatic N) is 1. The van der Waals surface area contributed by atoms with E-state index in [0.717, 1.165) is 36.7 Å². The maximum Gasteiger partial charge on any atom is 0.208 e. The maximum absolute atomic E-state index is 5.67. The van der Waals surface area contributed by atoms with Crippen LogP contribution in [-0.4, -0.2) is 44.5 Å². The third-order valence-electron chi connectivity index (χ3n) is 5.71. The minimum atomic E-state index is 0.119. The molecule has 5 nitrogen and oxygen atoms in total. The van der Waals surface area contributed by atoms with Crippen LogP contribution in [0.25, 0.3) is 0 Å². The van der Waals surface area contributed by atoms with Gasteiger partial charge >= 0.3 is 0 Å². The van der Waals surface area contributed by atoms with Crippen molar-refractivity contribution in [2.24, 2.45) is 11.8 Å². The van der Waals surface area contributed by atoms with E-state index in [1.165, 1.54) is 16.8 Å². The molecule has 0 bridgehead atoms. The molecule has 1 fully saturated rings. The zero-order valence-corrected chi connectivity index (χ0v) is 14.5. The summed E-state index contributed by atoms with van der Waals surface area (Å²) < 4.78 is 24.8. The van der Waals surface area contributed by atoms with Crippen LogP contribution in [0.1, 0.15) is 12.8 Å². The van der Waals surface area contributed by atoms with Crippen molar-refractivity contribution in [3.05, 3.63) is 58.4 Å². The van der Waals surface area contributed by atoms with Gasteiger partial charge in [-0.25, -0.2) is 4.58 Å². The SMILES string of the molecule is COC1=C(OC)C2C=[N+]3CCC4=C(C=C5OCOC5C4)C3=CC2C=C1. The van der Waals surface area contributed by atoms with Crippen molar-refractivity contribution in [1.29, 1.82) is 0 Å². The van der Waals surface area contributed by atoms with Gasteiger partial charge in [-0.2, -0.15) is 0 Å². The van der Waals surface area contributed by atoms with Crippen molar-refractivity contribution in [2.45, 2.75) is 18.9 Å². The van der Waals surface area contributed by atoms with E-state index in [9.17, 15) is 0 Å². The lowest BCUT2D eigenvalue weighted by Crippen LogP contribution is -2.35. The molecule has 130 valence electrons. The average molecular weight is 340 g/mol. The van der Waals surface area contributed by atoms with E-state index < -0.39 is 0 Å². The van der Waals surface area contributed by atoms with Gasteiger partial charge in [0.05, 0.1) is 14.2 Å². The third kappa shape index (κ3) is 2.22. The van der Waals surface area contributed by atoms with Crippen LogP contribution in [0.5, 0.6) is 0 Å². The van der Waals surface area contributed by atoms with Gasteiger partial charge in [0.15, 0.2) is 31.1 Å². The summed E-state index contributed by atoms with van der Waals surface area (Å²) in [6.07, 6.45) is 13.2. The van der Waals surface area contributed by atoms with E-state index in [1.807, 2.05) is 6.08 Å². The molecule has 0 aromatic carbocycles. The first kappa shape index (κ1) is 15.0. The lowest BCUT2D eigenvalue weighted by atomic mass is 9.80. The van der Waals surface area contributed by atoms with Crippen molar-refractivity contribution >= 4 is 6.21 Å². The van der Waals surface area contributed by atoms with E-state index >= 15 is 0 Å². The van der Waals surface area contributed by atoms with Gasteiger partial charge in [-0.1, -0.05) is 6.08 Å². The number of ether oxygens (including phenoxy) is 4. The molecule has 5 heteroatoms. The van der Waals surface area contributed by atoms with Crippen LogP contribution >= 0.6 is 0 Å². The Labute approximate surface area is 147 Å². The molecule has 2 aliphatic carbocycles. The van der Waals surface area contributed by atoms with Gasteiger partial charge in [-0.05, 0) is 23.8 Å². The molecule has 3 heterocycles. The summed E-state index contributed by atoms with van der Waals surface area (Å²) in [6, 6.07) is 0. The molecule has 5 aliphatic rings. The molecule has 3 unspecified atom stereocenters. The topological polar surface area (TPSA) is 39.9 Å². The van der Waals surface area contributed by atoms with Gasteiger partial charge in [0, 0.05) is 24.3 Å². The van der Waals surface area contributed by atoms with Crippen LogP contribution < -0.4 is 0 Å². The van der Waals surface area contributed by atoms with Crippen molar-refractivity contribution in [2.75, 3.05) is 27.6 Å². The Balaban J connectivity index is 1.55. The molecular weight excluding hydrogens is 318 g/mol. The molecule has 0 spiro atoms. The Morgan fingerprint density at radius 3 is 3.00 bits per heavy atom. The van der Waals surface area contributed by atoms with E-state index in [-0.39, 0.29) is 17.9 Å². The number of allylic oxidation sites excluding steroid dienone is 5. The molecule has 0 N–H and O–H groups in total. The second-order valence-electron chi connectivity index (χ2n) is 6.93. The molecule has 3 atom stereocenters. The number of methoxy groups -OCH3 is 2. The predicted octanol–water partition coefficient (Wildman–Crippen LogP) is 2.63. The van der Waals surface area contributed by atoms with Crippen molar-refractivity contribution < 1.29 is 23.5 Å². The van der Waals surface area contributed by atoms with Crippen LogP contribution in [0, 0.1) is 11.8 Å². The highest BCUT2D eigenvalue weighted by atomic mass is 16.7. The first-order chi connectivity index (χ1) is 12.3. The smallest absolute Gasteiger partial charge is 0.208 e. The Morgan fingerprint density at radius 1 is 1.24 bits per heavy atom. The molecule has 0 aromatic rings. The largest absolute Gasteiger partial charge is 0.496 e. The van der Waals surface area contributed by atoms with Gasteiger partial charge in [0.2, 0.25) is 5.70 Å². The normalized spacial score (nSPS) is 32.6. The minimum absolute atomic E-state index is 0.119. The monoisotopic (exact) mass is 340 g/mol.